The summed E-state index contributed by atoms with van der Waals surface area (Å²) in [5.41, 5.74) is -5.77. The Balaban J connectivity index is 3.19. The van der Waals surface area contributed by atoms with E-state index in [2.05, 4.69) is 0 Å². The first-order chi connectivity index (χ1) is 6.61. The van der Waals surface area contributed by atoms with Crippen molar-refractivity contribution in [1.29, 1.82) is 0 Å². The smallest absolute Gasteiger partial charge is 0.370 e. The van der Waals surface area contributed by atoms with Crippen molar-refractivity contribution >= 4 is 7.28 Å². The van der Waals surface area contributed by atoms with Crippen LogP contribution in [0.1, 0.15) is 6.42 Å². The van der Waals surface area contributed by atoms with E-state index in [0.717, 1.165) is 7.28 Å². The molecule has 0 spiro atoms. The van der Waals surface area contributed by atoms with Gasteiger partial charge in [0.1, 0.15) is 7.28 Å². The van der Waals surface area contributed by atoms with Crippen molar-refractivity contribution in [3.05, 3.63) is 11.5 Å². The van der Waals surface area contributed by atoms with E-state index in [1.54, 1.807) is 0 Å². The minimum Gasteiger partial charge on any atom is -0.370 e. The Morgan fingerprint density at radius 1 is 1.07 bits per heavy atom. The average Bonchev–Trinajstić information content (AvgIpc) is 2.49. The van der Waals surface area contributed by atoms with Gasteiger partial charge >= 0.3 is 12.4 Å². The van der Waals surface area contributed by atoms with E-state index < -0.39 is 29.9 Å². The molecule has 0 saturated carbocycles. The monoisotopic (exact) mass is 231 g/mol. The third-order valence-electron chi connectivity index (χ3n) is 2.18. The summed E-state index contributed by atoms with van der Waals surface area (Å²) in [6.45, 7) is 0. The first kappa shape index (κ1) is 12.4. The van der Waals surface area contributed by atoms with E-state index in [1.165, 1.54) is 0 Å². The van der Waals surface area contributed by atoms with E-state index in [-0.39, 0.29) is 6.32 Å². The fourth-order valence-corrected chi connectivity index (χ4v) is 1.37. The molecule has 0 aliphatic carbocycles. The van der Waals surface area contributed by atoms with Crippen molar-refractivity contribution in [2.45, 2.75) is 30.7 Å². The van der Waals surface area contributed by atoms with Crippen molar-refractivity contribution in [2.75, 3.05) is 0 Å². The fraction of sp³-hybridized carbons (Fsp3) is 0.714. The van der Waals surface area contributed by atoms with E-state index in [0.29, 0.717) is 5.98 Å². The molecule has 15 heavy (non-hydrogen) atoms. The predicted octanol–water partition coefficient (Wildman–Crippen LogP) is 2.25. The van der Waals surface area contributed by atoms with Crippen LogP contribution in [0.5, 0.6) is 0 Å². The van der Waals surface area contributed by atoms with Gasteiger partial charge in [-0.1, -0.05) is 6.32 Å². The maximum absolute atomic E-state index is 12.2. The molecule has 8 heteroatoms. The van der Waals surface area contributed by atoms with Gasteiger partial charge in [0.15, 0.2) is 0 Å². The predicted molar refractivity (Wildman–Crippen MR) is 40.3 cm³/mol. The third-order valence-corrected chi connectivity index (χ3v) is 2.18. The average molecular weight is 231 g/mol. The Hall–Kier alpha value is -0.655. The largest absolute Gasteiger partial charge is 0.430 e. The maximum Gasteiger partial charge on any atom is 0.430 e. The summed E-state index contributed by atoms with van der Waals surface area (Å²) in [6, 6.07) is 0. The van der Waals surface area contributed by atoms with Crippen molar-refractivity contribution in [1.82, 2.24) is 0 Å². The van der Waals surface area contributed by atoms with Crippen LogP contribution in [-0.4, -0.2) is 30.3 Å². The van der Waals surface area contributed by atoms with Gasteiger partial charge in [0.25, 0.3) is 5.60 Å². The molecular formula is C7H6BF6O. The fourth-order valence-electron chi connectivity index (χ4n) is 1.37. The first-order valence-corrected chi connectivity index (χ1v) is 3.99. The molecule has 1 heterocycles. The van der Waals surface area contributed by atoms with Crippen molar-refractivity contribution in [2.24, 2.45) is 0 Å². The third kappa shape index (κ3) is 1.87. The molecule has 1 radical (unpaired) electrons. The minimum atomic E-state index is -5.75. The molecule has 1 aliphatic heterocycles. The molecule has 1 N–H and O–H groups in total. The molecule has 0 atom stereocenters. The van der Waals surface area contributed by atoms with Gasteiger partial charge in [-0.05, 0) is 12.0 Å². The zero-order valence-electron chi connectivity index (χ0n) is 7.28. The second-order valence-electron chi connectivity index (χ2n) is 3.17. The zero-order chi connectivity index (χ0) is 11.9. The molecule has 0 aromatic rings. The van der Waals surface area contributed by atoms with Gasteiger partial charge in [-0.25, -0.2) is 0 Å². The molecule has 0 aromatic carbocycles. The van der Waals surface area contributed by atoms with Gasteiger partial charge in [0.2, 0.25) is 0 Å². The highest BCUT2D eigenvalue weighted by Gasteiger charge is 2.71. The Labute approximate surface area is 82.0 Å². The van der Waals surface area contributed by atoms with Gasteiger partial charge < -0.3 is 5.11 Å². The van der Waals surface area contributed by atoms with E-state index in [1.807, 2.05) is 0 Å². The zero-order valence-corrected chi connectivity index (χ0v) is 7.28. The molecule has 0 saturated heterocycles. The van der Waals surface area contributed by atoms with E-state index in [9.17, 15) is 26.3 Å². The first-order valence-electron chi connectivity index (χ1n) is 3.99. The van der Waals surface area contributed by atoms with Crippen LogP contribution in [0.25, 0.3) is 0 Å². The Morgan fingerprint density at radius 3 is 1.80 bits per heavy atom. The van der Waals surface area contributed by atoms with Crippen molar-refractivity contribution in [3.8, 4) is 0 Å². The number of alkyl halides is 6. The van der Waals surface area contributed by atoms with Crippen LogP contribution in [-0.2, 0) is 0 Å². The second-order valence-corrected chi connectivity index (χ2v) is 3.17. The van der Waals surface area contributed by atoms with Crippen LogP contribution >= 0.6 is 0 Å². The lowest BCUT2D eigenvalue weighted by Crippen LogP contribution is -2.57. The maximum atomic E-state index is 12.2. The normalized spacial score (nSPS) is 18.7. The highest BCUT2D eigenvalue weighted by molar-refractivity contribution is 6.43. The van der Waals surface area contributed by atoms with Crippen LogP contribution in [0.2, 0.25) is 6.32 Å². The summed E-state index contributed by atoms with van der Waals surface area (Å²) >= 11 is 0. The Morgan fingerprint density at radius 2 is 1.53 bits per heavy atom. The Kier molecular flexibility index (Phi) is 2.84. The Bertz CT molecular complexity index is 264. The molecule has 1 rings (SSSR count). The van der Waals surface area contributed by atoms with Gasteiger partial charge in [-0.2, -0.15) is 26.3 Å². The van der Waals surface area contributed by atoms with Crippen LogP contribution in [0.15, 0.2) is 11.5 Å². The summed E-state index contributed by atoms with van der Waals surface area (Å²) in [7, 11) is 1.16. The topological polar surface area (TPSA) is 20.2 Å². The van der Waals surface area contributed by atoms with Crippen LogP contribution in [0, 0.1) is 0 Å². The number of aliphatic hydroxyl groups is 1. The molecule has 1 aliphatic rings. The van der Waals surface area contributed by atoms with Crippen molar-refractivity contribution in [3.63, 3.8) is 0 Å². The standard InChI is InChI=1S/C7H6BF6O/c9-6(10,11)5(15,7(12,13)14)4-1-2-8-3-4/h3,15H,1-2H2. The molecule has 0 fully saturated rings. The molecular weight excluding hydrogens is 225 g/mol. The van der Waals surface area contributed by atoms with Crippen LogP contribution in [0.3, 0.4) is 0 Å². The lowest BCUT2D eigenvalue weighted by atomic mass is 9.79. The summed E-state index contributed by atoms with van der Waals surface area (Å²) in [6.07, 6.45) is -11.9. The number of hydrogen-bond acceptors (Lipinski definition) is 1. The molecule has 0 bridgehead atoms. The molecule has 0 aromatic heterocycles. The number of hydrogen-bond donors (Lipinski definition) is 1. The van der Waals surface area contributed by atoms with Crippen LogP contribution < -0.4 is 0 Å². The SMILES string of the molecule is OC(C1=C[B]CC1)(C(F)(F)F)C(F)(F)F. The molecule has 85 valence electrons. The van der Waals surface area contributed by atoms with Gasteiger partial charge in [0.05, 0.1) is 0 Å². The molecule has 0 amide bonds. The second kappa shape index (κ2) is 3.43. The van der Waals surface area contributed by atoms with Gasteiger partial charge in [-0.3, -0.25) is 0 Å². The lowest BCUT2D eigenvalue weighted by molar-refractivity contribution is -0.352. The van der Waals surface area contributed by atoms with Gasteiger partial charge in [-0.15, -0.1) is 5.98 Å². The highest BCUT2D eigenvalue weighted by Crippen LogP contribution is 2.49. The van der Waals surface area contributed by atoms with E-state index >= 15 is 0 Å². The van der Waals surface area contributed by atoms with Gasteiger partial charge in [0, 0.05) is 0 Å². The quantitative estimate of drug-likeness (QED) is 0.542. The summed E-state index contributed by atoms with van der Waals surface area (Å²) < 4.78 is 73.4. The molecule has 1 nitrogen and oxygen atoms in total. The summed E-state index contributed by atoms with van der Waals surface area (Å²) in [5, 5.41) is 8.85. The lowest BCUT2D eigenvalue weighted by Gasteiger charge is -2.33. The molecule has 0 unspecified atom stereocenters. The van der Waals surface area contributed by atoms with Crippen molar-refractivity contribution < 1.29 is 31.4 Å². The number of halogens is 6. The summed E-state index contributed by atoms with van der Waals surface area (Å²) in [4.78, 5) is 0. The minimum absolute atomic E-state index is 0.0732. The highest BCUT2D eigenvalue weighted by atomic mass is 19.4. The summed E-state index contributed by atoms with van der Waals surface area (Å²) in [5.74, 6) is 0.682. The number of rotatable bonds is 1. The van der Waals surface area contributed by atoms with Crippen LogP contribution in [0.4, 0.5) is 26.3 Å². The van der Waals surface area contributed by atoms with E-state index in [4.69, 9.17) is 5.11 Å².